The SMILES string of the molecule is CCCCCN(C)S(=O)(=O)C(CC)CN. The van der Waals surface area contributed by atoms with Crippen molar-refractivity contribution >= 4 is 10.0 Å². The molecular weight excluding hydrogens is 212 g/mol. The first-order valence-corrected chi connectivity index (χ1v) is 7.16. The maximum atomic E-state index is 11.9. The summed E-state index contributed by atoms with van der Waals surface area (Å²) >= 11 is 0. The van der Waals surface area contributed by atoms with E-state index in [0.29, 0.717) is 13.0 Å². The minimum atomic E-state index is -3.17. The monoisotopic (exact) mass is 236 g/mol. The van der Waals surface area contributed by atoms with Crippen LogP contribution in [0.15, 0.2) is 0 Å². The van der Waals surface area contributed by atoms with E-state index in [1.807, 2.05) is 6.92 Å². The van der Waals surface area contributed by atoms with Gasteiger partial charge in [0.25, 0.3) is 0 Å². The smallest absolute Gasteiger partial charge is 0.217 e. The summed E-state index contributed by atoms with van der Waals surface area (Å²) in [6.07, 6.45) is 3.67. The summed E-state index contributed by atoms with van der Waals surface area (Å²) < 4.78 is 25.3. The minimum Gasteiger partial charge on any atom is -0.329 e. The van der Waals surface area contributed by atoms with E-state index in [1.54, 1.807) is 7.05 Å². The number of sulfonamides is 1. The number of unbranched alkanes of at least 4 members (excludes halogenated alkanes) is 2. The number of hydrogen-bond acceptors (Lipinski definition) is 3. The molecule has 0 saturated carbocycles. The van der Waals surface area contributed by atoms with Crippen molar-refractivity contribution in [1.82, 2.24) is 4.31 Å². The van der Waals surface area contributed by atoms with E-state index < -0.39 is 15.3 Å². The summed E-state index contributed by atoms with van der Waals surface area (Å²) in [5.74, 6) is 0. The van der Waals surface area contributed by atoms with Gasteiger partial charge >= 0.3 is 0 Å². The van der Waals surface area contributed by atoms with Crippen molar-refractivity contribution in [3.63, 3.8) is 0 Å². The van der Waals surface area contributed by atoms with E-state index in [9.17, 15) is 8.42 Å². The third kappa shape index (κ3) is 4.49. The minimum absolute atomic E-state index is 0.205. The van der Waals surface area contributed by atoms with Crippen LogP contribution in [0.4, 0.5) is 0 Å². The molecule has 0 amide bonds. The molecule has 0 aliphatic rings. The number of rotatable bonds is 8. The fourth-order valence-corrected chi connectivity index (χ4v) is 3.02. The second kappa shape index (κ2) is 7.19. The summed E-state index contributed by atoms with van der Waals surface area (Å²) in [4.78, 5) is 0. The Hall–Kier alpha value is -0.130. The predicted octanol–water partition coefficient (Wildman–Crippen LogP) is 1.18. The standard InChI is InChI=1S/C10H24N2O2S/c1-4-6-7-8-12(3)15(13,14)10(5-2)9-11/h10H,4-9,11H2,1-3H3. The summed E-state index contributed by atoms with van der Waals surface area (Å²) in [5, 5.41) is -0.427. The van der Waals surface area contributed by atoms with Gasteiger partial charge in [0.05, 0.1) is 5.25 Å². The summed E-state index contributed by atoms with van der Waals surface area (Å²) in [7, 11) is -1.53. The van der Waals surface area contributed by atoms with E-state index in [0.717, 1.165) is 19.3 Å². The van der Waals surface area contributed by atoms with Crippen LogP contribution in [0, 0.1) is 0 Å². The Morgan fingerprint density at radius 1 is 1.27 bits per heavy atom. The van der Waals surface area contributed by atoms with Crippen LogP contribution in [-0.4, -0.2) is 38.1 Å². The molecule has 2 N–H and O–H groups in total. The van der Waals surface area contributed by atoms with Gasteiger partial charge in [-0.2, -0.15) is 0 Å². The summed E-state index contributed by atoms with van der Waals surface area (Å²) in [6, 6.07) is 0. The van der Waals surface area contributed by atoms with Crippen LogP contribution in [0.1, 0.15) is 39.5 Å². The summed E-state index contributed by atoms with van der Waals surface area (Å²) in [6.45, 7) is 4.77. The van der Waals surface area contributed by atoms with Gasteiger partial charge in [-0.05, 0) is 12.8 Å². The normalized spacial score (nSPS) is 14.5. The number of nitrogens with two attached hydrogens (primary N) is 1. The highest BCUT2D eigenvalue weighted by Crippen LogP contribution is 2.10. The van der Waals surface area contributed by atoms with Crippen LogP contribution in [0.2, 0.25) is 0 Å². The highest BCUT2D eigenvalue weighted by Gasteiger charge is 2.26. The van der Waals surface area contributed by atoms with Crippen molar-refractivity contribution in [3.05, 3.63) is 0 Å². The van der Waals surface area contributed by atoms with E-state index in [-0.39, 0.29) is 6.54 Å². The van der Waals surface area contributed by atoms with Gasteiger partial charge in [0.1, 0.15) is 0 Å². The molecule has 92 valence electrons. The van der Waals surface area contributed by atoms with Gasteiger partial charge in [-0.1, -0.05) is 26.7 Å². The highest BCUT2D eigenvalue weighted by molar-refractivity contribution is 7.89. The Labute approximate surface area is 93.9 Å². The average Bonchev–Trinajstić information content (AvgIpc) is 2.19. The second-order valence-corrected chi connectivity index (χ2v) is 6.16. The Kier molecular flexibility index (Phi) is 7.13. The van der Waals surface area contributed by atoms with E-state index in [2.05, 4.69) is 6.92 Å². The molecular formula is C10H24N2O2S. The van der Waals surface area contributed by atoms with E-state index >= 15 is 0 Å². The van der Waals surface area contributed by atoms with Crippen LogP contribution in [0.25, 0.3) is 0 Å². The van der Waals surface area contributed by atoms with Crippen molar-refractivity contribution in [2.75, 3.05) is 20.1 Å². The van der Waals surface area contributed by atoms with Gasteiger partial charge in [0, 0.05) is 20.1 Å². The zero-order valence-corrected chi connectivity index (χ0v) is 10.9. The molecule has 1 unspecified atom stereocenters. The highest BCUT2D eigenvalue weighted by atomic mass is 32.2. The molecule has 0 heterocycles. The maximum absolute atomic E-state index is 11.9. The predicted molar refractivity (Wildman–Crippen MR) is 64.2 cm³/mol. The molecule has 5 heteroatoms. The fraction of sp³-hybridized carbons (Fsp3) is 1.00. The van der Waals surface area contributed by atoms with Crippen LogP contribution >= 0.6 is 0 Å². The zero-order valence-electron chi connectivity index (χ0n) is 10.1. The first kappa shape index (κ1) is 14.9. The van der Waals surface area contributed by atoms with Crippen LogP contribution in [-0.2, 0) is 10.0 Å². The van der Waals surface area contributed by atoms with E-state index in [4.69, 9.17) is 5.73 Å². The molecule has 0 aromatic rings. The van der Waals surface area contributed by atoms with Gasteiger partial charge in [-0.25, -0.2) is 12.7 Å². The molecule has 0 fully saturated rings. The first-order valence-electron chi connectivity index (χ1n) is 5.65. The van der Waals surface area contributed by atoms with Crippen molar-refractivity contribution in [1.29, 1.82) is 0 Å². The molecule has 0 aromatic heterocycles. The topological polar surface area (TPSA) is 63.4 Å². The first-order chi connectivity index (χ1) is 7.00. The van der Waals surface area contributed by atoms with Crippen LogP contribution in [0.5, 0.6) is 0 Å². The van der Waals surface area contributed by atoms with Crippen molar-refractivity contribution in [3.8, 4) is 0 Å². The van der Waals surface area contributed by atoms with Crippen molar-refractivity contribution in [2.24, 2.45) is 5.73 Å². The quantitative estimate of drug-likeness (QED) is 0.644. The van der Waals surface area contributed by atoms with Crippen LogP contribution in [0.3, 0.4) is 0 Å². The van der Waals surface area contributed by atoms with Gasteiger partial charge < -0.3 is 5.73 Å². The molecule has 0 spiro atoms. The molecule has 0 aromatic carbocycles. The largest absolute Gasteiger partial charge is 0.329 e. The third-order valence-corrected chi connectivity index (χ3v) is 5.07. The Bertz CT molecular complexity index is 248. The Morgan fingerprint density at radius 2 is 1.87 bits per heavy atom. The zero-order chi connectivity index (χ0) is 11.9. The summed E-state index contributed by atoms with van der Waals surface area (Å²) in [5.41, 5.74) is 5.46. The van der Waals surface area contributed by atoms with Crippen LogP contribution < -0.4 is 5.73 Å². The van der Waals surface area contributed by atoms with Gasteiger partial charge in [-0.15, -0.1) is 0 Å². The molecule has 4 nitrogen and oxygen atoms in total. The lowest BCUT2D eigenvalue weighted by Gasteiger charge is -2.22. The molecule has 0 radical (unpaired) electrons. The molecule has 15 heavy (non-hydrogen) atoms. The lowest BCUT2D eigenvalue weighted by atomic mass is 10.2. The maximum Gasteiger partial charge on any atom is 0.217 e. The molecule has 1 atom stereocenters. The molecule has 0 aliphatic heterocycles. The third-order valence-electron chi connectivity index (χ3n) is 2.65. The van der Waals surface area contributed by atoms with Crippen molar-refractivity contribution < 1.29 is 8.42 Å². The number of hydrogen-bond donors (Lipinski definition) is 1. The average molecular weight is 236 g/mol. The number of nitrogens with zero attached hydrogens (tertiary/aromatic N) is 1. The fourth-order valence-electron chi connectivity index (χ4n) is 1.47. The van der Waals surface area contributed by atoms with E-state index in [1.165, 1.54) is 4.31 Å². The van der Waals surface area contributed by atoms with Gasteiger partial charge in [0.15, 0.2) is 0 Å². The lowest BCUT2D eigenvalue weighted by molar-refractivity contribution is 0.443. The second-order valence-electron chi connectivity index (χ2n) is 3.84. The molecule has 0 saturated heterocycles. The van der Waals surface area contributed by atoms with Gasteiger partial charge in [0.2, 0.25) is 10.0 Å². The Balaban J connectivity index is 4.31. The lowest BCUT2D eigenvalue weighted by Crippen LogP contribution is -2.40. The molecule has 0 rings (SSSR count). The molecule has 0 aliphatic carbocycles. The van der Waals surface area contributed by atoms with Crippen molar-refractivity contribution in [2.45, 2.75) is 44.8 Å². The molecule has 0 bridgehead atoms. The van der Waals surface area contributed by atoms with Gasteiger partial charge in [-0.3, -0.25) is 0 Å². The Morgan fingerprint density at radius 3 is 2.27 bits per heavy atom.